The topological polar surface area (TPSA) is 85.1 Å². The van der Waals surface area contributed by atoms with Gasteiger partial charge in [-0.2, -0.15) is 0 Å². The summed E-state index contributed by atoms with van der Waals surface area (Å²) in [6.45, 7) is 4.75. The van der Waals surface area contributed by atoms with E-state index in [2.05, 4.69) is 9.71 Å². The van der Waals surface area contributed by atoms with E-state index in [4.69, 9.17) is 5.73 Å². The molecule has 1 aromatic rings. The van der Waals surface area contributed by atoms with Gasteiger partial charge in [0.1, 0.15) is 10.7 Å². The molecule has 0 amide bonds. The second kappa shape index (κ2) is 6.40. The van der Waals surface area contributed by atoms with Crippen LogP contribution >= 0.6 is 0 Å². The van der Waals surface area contributed by atoms with Crippen LogP contribution < -0.4 is 10.5 Å². The van der Waals surface area contributed by atoms with Crippen molar-refractivity contribution in [3.63, 3.8) is 0 Å². The molecule has 0 saturated carbocycles. The molecule has 0 radical (unpaired) electrons. The summed E-state index contributed by atoms with van der Waals surface area (Å²) < 4.78 is 39.4. The van der Waals surface area contributed by atoms with E-state index in [9.17, 15) is 12.8 Å². The lowest BCUT2D eigenvalue weighted by Gasteiger charge is -2.24. The minimum absolute atomic E-state index is 0.165. The molecule has 0 unspecified atom stereocenters. The van der Waals surface area contributed by atoms with Crippen LogP contribution in [-0.2, 0) is 10.0 Å². The van der Waals surface area contributed by atoms with E-state index >= 15 is 0 Å². The van der Waals surface area contributed by atoms with Gasteiger partial charge < -0.3 is 5.73 Å². The van der Waals surface area contributed by atoms with Crippen LogP contribution in [0.2, 0.25) is 0 Å². The molecule has 5 nitrogen and oxygen atoms in total. The Hall–Kier alpha value is -1.05. The molecule has 0 spiro atoms. The number of aromatic nitrogens is 1. The van der Waals surface area contributed by atoms with Gasteiger partial charge >= 0.3 is 0 Å². The third-order valence-electron chi connectivity index (χ3n) is 2.79. The zero-order valence-electron chi connectivity index (χ0n) is 11.2. The lowest BCUT2D eigenvalue weighted by molar-refractivity contribution is 0.327. The number of pyridine rings is 1. The molecule has 108 valence electrons. The normalized spacial score (nSPS) is 12.6. The maximum atomic E-state index is 13.0. The molecule has 0 bridgehead atoms. The summed E-state index contributed by atoms with van der Waals surface area (Å²) in [7, 11) is -3.72. The Morgan fingerprint density at radius 3 is 2.68 bits per heavy atom. The Morgan fingerprint density at radius 2 is 2.11 bits per heavy atom. The molecule has 3 N–H and O–H groups in total. The van der Waals surface area contributed by atoms with Crippen molar-refractivity contribution in [2.45, 2.75) is 31.6 Å². The second-order valence-electron chi connectivity index (χ2n) is 5.22. The lowest BCUT2D eigenvalue weighted by atomic mass is 9.88. The van der Waals surface area contributed by atoms with Crippen molar-refractivity contribution in [1.29, 1.82) is 0 Å². The minimum Gasteiger partial charge on any atom is -0.330 e. The summed E-state index contributed by atoms with van der Waals surface area (Å²) in [5.41, 5.74) is 5.24. The molecule has 0 aliphatic rings. The van der Waals surface area contributed by atoms with E-state index in [-0.39, 0.29) is 16.9 Å². The van der Waals surface area contributed by atoms with Crippen molar-refractivity contribution in [3.8, 4) is 0 Å². The number of hydrogen-bond acceptors (Lipinski definition) is 4. The van der Waals surface area contributed by atoms with Gasteiger partial charge in [0.2, 0.25) is 10.0 Å². The highest BCUT2D eigenvalue weighted by atomic mass is 32.2. The molecular formula is C12H20FN3O2S. The summed E-state index contributed by atoms with van der Waals surface area (Å²) >= 11 is 0. The molecule has 0 saturated heterocycles. The Balaban J connectivity index is 2.71. The summed E-state index contributed by atoms with van der Waals surface area (Å²) in [5, 5.41) is 0. The number of rotatable bonds is 7. The third-order valence-corrected chi connectivity index (χ3v) is 4.16. The van der Waals surface area contributed by atoms with Crippen LogP contribution in [0.15, 0.2) is 23.4 Å². The number of nitrogens with two attached hydrogens (primary N) is 1. The van der Waals surface area contributed by atoms with Crippen LogP contribution in [0.25, 0.3) is 0 Å². The summed E-state index contributed by atoms with van der Waals surface area (Å²) in [6, 6.07) is 0.947. The van der Waals surface area contributed by atoms with Crippen molar-refractivity contribution in [3.05, 3.63) is 24.3 Å². The second-order valence-corrected chi connectivity index (χ2v) is 6.99. The molecule has 0 aromatic carbocycles. The van der Waals surface area contributed by atoms with E-state index < -0.39 is 15.8 Å². The maximum Gasteiger partial charge on any atom is 0.242 e. The summed E-state index contributed by atoms with van der Waals surface area (Å²) in [4.78, 5) is 3.37. The van der Waals surface area contributed by atoms with E-state index in [1.807, 2.05) is 13.8 Å². The predicted molar refractivity (Wildman–Crippen MR) is 71.5 cm³/mol. The molecule has 0 aliphatic heterocycles. The predicted octanol–water partition coefficient (Wildman–Crippen LogP) is 1.26. The average Bonchev–Trinajstić information content (AvgIpc) is 2.34. The van der Waals surface area contributed by atoms with Crippen molar-refractivity contribution >= 4 is 10.0 Å². The smallest absolute Gasteiger partial charge is 0.242 e. The van der Waals surface area contributed by atoms with Crippen LogP contribution in [0, 0.1) is 11.2 Å². The Kier molecular flexibility index (Phi) is 5.39. The van der Waals surface area contributed by atoms with Crippen molar-refractivity contribution in [2.75, 3.05) is 13.1 Å². The van der Waals surface area contributed by atoms with E-state index in [0.717, 1.165) is 31.3 Å². The largest absolute Gasteiger partial charge is 0.330 e. The van der Waals surface area contributed by atoms with Gasteiger partial charge in [-0.25, -0.2) is 17.5 Å². The van der Waals surface area contributed by atoms with Crippen molar-refractivity contribution in [2.24, 2.45) is 11.1 Å². The first-order valence-corrected chi connectivity index (χ1v) is 7.55. The van der Waals surface area contributed by atoms with Gasteiger partial charge in [-0.05, 0) is 30.9 Å². The lowest BCUT2D eigenvalue weighted by Crippen LogP contribution is -2.34. The first-order valence-electron chi connectivity index (χ1n) is 6.07. The fraction of sp³-hybridized carbons (Fsp3) is 0.583. The molecule has 1 aromatic heterocycles. The summed E-state index contributed by atoms with van der Waals surface area (Å²) in [5.74, 6) is -0.676. The van der Waals surface area contributed by atoms with Gasteiger partial charge in [-0.15, -0.1) is 0 Å². The number of nitrogens with zero attached hydrogens (tertiary/aromatic N) is 1. The van der Waals surface area contributed by atoms with Gasteiger partial charge in [-0.3, -0.25) is 4.98 Å². The highest BCUT2D eigenvalue weighted by Gasteiger charge is 2.22. The third kappa shape index (κ3) is 5.22. The minimum atomic E-state index is -3.72. The zero-order valence-corrected chi connectivity index (χ0v) is 12.0. The summed E-state index contributed by atoms with van der Waals surface area (Å²) in [6.07, 6.45) is 3.73. The molecule has 0 fully saturated rings. The number of halogens is 1. The zero-order chi connectivity index (χ0) is 14.5. The average molecular weight is 289 g/mol. The van der Waals surface area contributed by atoms with Crippen LogP contribution in [0.5, 0.6) is 0 Å². The molecule has 1 heterocycles. The Labute approximate surface area is 113 Å². The number of nitrogens with one attached hydrogen (secondary N) is 1. The molecule has 0 aliphatic carbocycles. The van der Waals surface area contributed by atoms with Crippen LogP contribution in [0.1, 0.15) is 26.7 Å². The monoisotopic (exact) mass is 289 g/mol. The van der Waals surface area contributed by atoms with E-state index in [1.165, 1.54) is 0 Å². The van der Waals surface area contributed by atoms with E-state index in [1.54, 1.807) is 0 Å². The van der Waals surface area contributed by atoms with Gasteiger partial charge in [0.05, 0.1) is 6.20 Å². The molecule has 0 atom stereocenters. The van der Waals surface area contributed by atoms with E-state index in [0.29, 0.717) is 6.54 Å². The maximum absolute atomic E-state index is 13.0. The Morgan fingerprint density at radius 1 is 1.42 bits per heavy atom. The van der Waals surface area contributed by atoms with Crippen molar-refractivity contribution < 1.29 is 12.8 Å². The first kappa shape index (κ1) is 16.0. The fourth-order valence-corrected chi connectivity index (χ4v) is 2.80. The van der Waals surface area contributed by atoms with Crippen LogP contribution in [0.3, 0.4) is 0 Å². The first-order chi connectivity index (χ1) is 8.77. The quantitative estimate of drug-likeness (QED) is 0.791. The number of hydrogen-bond donors (Lipinski definition) is 2. The molecule has 7 heteroatoms. The fourth-order valence-electron chi connectivity index (χ4n) is 1.58. The van der Waals surface area contributed by atoms with Gasteiger partial charge in [0.15, 0.2) is 0 Å². The SMILES string of the molecule is CC(C)(CCCN)CNS(=O)(=O)c1cncc(F)c1. The van der Waals surface area contributed by atoms with Crippen molar-refractivity contribution in [1.82, 2.24) is 9.71 Å². The van der Waals surface area contributed by atoms with Gasteiger partial charge in [0.25, 0.3) is 0 Å². The molecule has 19 heavy (non-hydrogen) atoms. The highest BCUT2D eigenvalue weighted by molar-refractivity contribution is 7.89. The van der Waals surface area contributed by atoms with Crippen LogP contribution in [-0.4, -0.2) is 26.5 Å². The highest BCUT2D eigenvalue weighted by Crippen LogP contribution is 2.21. The molecular weight excluding hydrogens is 269 g/mol. The van der Waals surface area contributed by atoms with Gasteiger partial charge in [0, 0.05) is 12.7 Å². The van der Waals surface area contributed by atoms with Crippen LogP contribution in [0.4, 0.5) is 4.39 Å². The Bertz CT molecular complexity index is 517. The van der Waals surface area contributed by atoms with Gasteiger partial charge in [-0.1, -0.05) is 13.8 Å². The number of sulfonamides is 1. The molecule has 1 rings (SSSR count). The standard InChI is InChI=1S/C12H20FN3O2S/c1-12(2,4-3-5-14)9-16-19(17,18)11-6-10(13)7-15-8-11/h6-8,16H,3-5,9,14H2,1-2H3.